The Labute approximate surface area is 151 Å². The van der Waals surface area contributed by atoms with Crippen molar-refractivity contribution in [2.24, 2.45) is 0 Å². The lowest BCUT2D eigenvalue weighted by Crippen LogP contribution is -2.26. The molecule has 0 N–H and O–H groups in total. The molecule has 0 radical (unpaired) electrons. The monoisotopic (exact) mass is 353 g/mol. The summed E-state index contributed by atoms with van der Waals surface area (Å²) in [4.78, 5) is 14.4. The highest BCUT2D eigenvalue weighted by atomic mass is 19.1. The van der Waals surface area contributed by atoms with Crippen LogP contribution >= 0.6 is 0 Å². The summed E-state index contributed by atoms with van der Waals surface area (Å²) in [6, 6.07) is 16.1. The van der Waals surface area contributed by atoms with Crippen molar-refractivity contribution in [1.29, 1.82) is 0 Å². The van der Waals surface area contributed by atoms with Crippen molar-refractivity contribution in [3.8, 4) is 11.5 Å². The highest BCUT2D eigenvalue weighted by Gasteiger charge is 2.18. The van der Waals surface area contributed by atoms with Gasteiger partial charge in [-0.2, -0.15) is 0 Å². The Bertz CT molecular complexity index is 955. The second-order valence-corrected chi connectivity index (χ2v) is 6.03. The summed E-state index contributed by atoms with van der Waals surface area (Å²) >= 11 is 0. The summed E-state index contributed by atoms with van der Waals surface area (Å²) in [5.74, 6) is 0.0540. The molecule has 0 unspecified atom stereocenters. The fourth-order valence-electron chi connectivity index (χ4n) is 2.91. The molecule has 134 valence electrons. The van der Waals surface area contributed by atoms with Crippen molar-refractivity contribution in [1.82, 2.24) is 4.90 Å². The van der Waals surface area contributed by atoms with Gasteiger partial charge in [-0.25, -0.2) is 4.39 Å². The van der Waals surface area contributed by atoms with Crippen LogP contribution in [0, 0.1) is 5.82 Å². The van der Waals surface area contributed by atoms with Gasteiger partial charge >= 0.3 is 0 Å². The minimum Gasteiger partial charge on any atom is -0.496 e. The average Bonchev–Trinajstić information content (AvgIpc) is 2.66. The van der Waals surface area contributed by atoms with E-state index in [0.717, 1.165) is 10.8 Å². The molecule has 3 aromatic rings. The number of methoxy groups -OCH3 is 2. The lowest BCUT2D eigenvalue weighted by atomic mass is 10.0. The van der Waals surface area contributed by atoms with E-state index in [0.29, 0.717) is 16.9 Å². The number of benzene rings is 3. The summed E-state index contributed by atoms with van der Waals surface area (Å²) < 4.78 is 24.2. The number of hydrogen-bond acceptors (Lipinski definition) is 3. The maximum Gasteiger partial charge on any atom is 0.257 e. The van der Waals surface area contributed by atoms with Gasteiger partial charge in [0.2, 0.25) is 0 Å². The van der Waals surface area contributed by atoms with Crippen molar-refractivity contribution in [3.05, 3.63) is 71.5 Å². The van der Waals surface area contributed by atoms with E-state index in [1.807, 2.05) is 36.4 Å². The number of carbonyl (C=O) groups is 1. The van der Waals surface area contributed by atoms with E-state index in [-0.39, 0.29) is 18.2 Å². The van der Waals surface area contributed by atoms with Crippen molar-refractivity contribution >= 4 is 16.7 Å². The van der Waals surface area contributed by atoms with Crippen molar-refractivity contribution in [2.45, 2.75) is 6.54 Å². The zero-order chi connectivity index (χ0) is 18.7. The van der Waals surface area contributed by atoms with Crippen LogP contribution in [0.5, 0.6) is 11.5 Å². The van der Waals surface area contributed by atoms with Gasteiger partial charge in [0.1, 0.15) is 5.75 Å². The number of rotatable bonds is 5. The molecular formula is C21H20FNO3. The second kappa shape index (κ2) is 7.44. The summed E-state index contributed by atoms with van der Waals surface area (Å²) in [6.07, 6.45) is 0. The zero-order valence-electron chi connectivity index (χ0n) is 15.0. The van der Waals surface area contributed by atoms with E-state index in [1.165, 1.54) is 18.1 Å². The van der Waals surface area contributed by atoms with Crippen LogP contribution < -0.4 is 9.47 Å². The largest absolute Gasteiger partial charge is 0.496 e. The Morgan fingerprint density at radius 1 is 0.962 bits per heavy atom. The lowest BCUT2D eigenvalue weighted by Gasteiger charge is -2.19. The van der Waals surface area contributed by atoms with Gasteiger partial charge in [-0.15, -0.1) is 0 Å². The SMILES string of the molecule is COc1ccc(CN(C)C(=O)c2cc3ccccc3cc2OC)cc1F. The van der Waals surface area contributed by atoms with Gasteiger partial charge in [0.25, 0.3) is 5.91 Å². The Hall–Kier alpha value is -3.08. The predicted molar refractivity (Wildman–Crippen MR) is 99.2 cm³/mol. The molecular weight excluding hydrogens is 333 g/mol. The first-order chi connectivity index (χ1) is 12.5. The summed E-state index contributed by atoms with van der Waals surface area (Å²) in [7, 11) is 4.64. The van der Waals surface area contributed by atoms with Gasteiger partial charge in [0.05, 0.1) is 19.8 Å². The van der Waals surface area contributed by atoms with Gasteiger partial charge < -0.3 is 14.4 Å². The molecule has 4 nitrogen and oxygen atoms in total. The molecule has 0 bridgehead atoms. The maximum atomic E-state index is 13.9. The van der Waals surface area contributed by atoms with Crippen LogP contribution in [0.2, 0.25) is 0 Å². The quantitative estimate of drug-likeness (QED) is 0.688. The number of carbonyl (C=O) groups excluding carboxylic acids is 1. The van der Waals surface area contributed by atoms with Crippen LogP contribution in [0.1, 0.15) is 15.9 Å². The first kappa shape index (κ1) is 17.7. The molecule has 3 rings (SSSR count). The molecule has 0 aliphatic carbocycles. The number of halogens is 1. The fraction of sp³-hybridized carbons (Fsp3) is 0.190. The summed E-state index contributed by atoms with van der Waals surface area (Å²) in [6.45, 7) is 0.274. The Morgan fingerprint density at radius 2 is 1.62 bits per heavy atom. The molecule has 0 aromatic heterocycles. The third-order valence-corrected chi connectivity index (χ3v) is 4.28. The molecule has 0 heterocycles. The third-order valence-electron chi connectivity index (χ3n) is 4.28. The lowest BCUT2D eigenvalue weighted by molar-refractivity contribution is 0.0781. The Kier molecular flexibility index (Phi) is 5.07. The fourth-order valence-corrected chi connectivity index (χ4v) is 2.91. The summed E-state index contributed by atoms with van der Waals surface area (Å²) in [5, 5.41) is 1.96. The standard InChI is InChI=1S/C21H20FNO3/c1-23(13-14-8-9-19(25-2)18(22)10-14)21(24)17-11-15-6-4-5-7-16(15)12-20(17)26-3/h4-12H,13H2,1-3H3. The van der Waals surface area contributed by atoms with Crippen LogP contribution in [0.25, 0.3) is 10.8 Å². The first-order valence-corrected chi connectivity index (χ1v) is 8.18. The molecule has 0 aliphatic heterocycles. The topological polar surface area (TPSA) is 38.8 Å². The van der Waals surface area contributed by atoms with E-state index < -0.39 is 5.82 Å². The normalized spacial score (nSPS) is 10.6. The van der Waals surface area contributed by atoms with Gasteiger partial charge in [-0.1, -0.05) is 30.3 Å². The van der Waals surface area contributed by atoms with Crippen LogP contribution in [-0.4, -0.2) is 32.1 Å². The number of fused-ring (bicyclic) bond motifs is 1. The van der Waals surface area contributed by atoms with Gasteiger partial charge in [-0.05, 0) is 40.6 Å². The molecule has 3 aromatic carbocycles. The Balaban J connectivity index is 1.88. The van der Waals surface area contributed by atoms with Crippen molar-refractivity contribution < 1.29 is 18.7 Å². The van der Waals surface area contributed by atoms with Crippen LogP contribution in [0.15, 0.2) is 54.6 Å². The molecule has 0 saturated heterocycles. The average molecular weight is 353 g/mol. The smallest absolute Gasteiger partial charge is 0.257 e. The van der Waals surface area contributed by atoms with Crippen LogP contribution in [-0.2, 0) is 6.54 Å². The van der Waals surface area contributed by atoms with E-state index in [4.69, 9.17) is 9.47 Å². The highest BCUT2D eigenvalue weighted by Crippen LogP contribution is 2.27. The number of hydrogen-bond donors (Lipinski definition) is 0. The maximum absolute atomic E-state index is 13.9. The van der Waals surface area contributed by atoms with Crippen molar-refractivity contribution in [2.75, 3.05) is 21.3 Å². The van der Waals surface area contributed by atoms with E-state index in [9.17, 15) is 9.18 Å². The molecule has 0 saturated carbocycles. The zero-order valence-corrected chi connectivity index (χ0v) is 15.0. The van der Waals surface area contributed by atoms with Crippen molar-refractivity contribution in [3.63, 3.8) is 0 Å². The minimum absolute atomic E-state index is 0.180. The molecule has 0 fully saturated rings. The number of amides is 1. The van der Waals surface area contributed by atoms with E-state index >= 15 is 0 Å². The van der Waals surface area contributed by atoms with Gasteiger partial charge in [-0.3, -0.25) is 4.79 Å². The van der Waals surface area contributed by atoms with Gasteiger partial charge in [0.15, 0.2) is 11.6 Å². The molecule has 1 amide bonds. The highest BCUT2D eigenvalue weighted by molar-refractivity contribution is 6.01. The molecule has 0 atom stereocenters. The first-order valence-electron chi connectivity index (χ1n) is 8.18. The summed E-state index contributed by atoms with van der Waals surface area (Å²) in [5.41, 5.74) is 1.15. The van der Waals surface area contributed by atoms with E-state index in [1.54, 1.807) is 26.3 Å². The Morgan fingerprint density at radius 3 is 2.23 bits per heavy atom. The molecule has 26 heavy (non-hydrogen) atoms. The molecule has 5 heteroatoms. The molecule has 0 spiro atoms. The number of ether oxygens (including phenoxy) is 2. The van der Waals surface area contributed by atoms with Crippen LogP contribution in [0.4, 0.5) is 4.39 Å². The van der Waals surface area contributed by atoms with Gasteiger partial charge in [0, 0.05) is 13.6 Å². The second-order valence-electron chi connectivity index (χ2n) is 6.03. The van der Waals surface area contributed by atoms with Crippen LogP contribution in [0.3, 0.4) is 0 Å². The molecule has 0 aliphatic rings. The van der Waals surface area contributed by atoms with E-state index in [2.05, 4.69) is 0 Å². The minimum atomic E-state index is -0.450. The third kappa shape index (κ3) is 3.47. The number of nitrogens with zero attached hydrogens (tertiary/aromatic N) is 1. The predicted octanol–water partition coefficient (Wildman–Crippen LogP) is 4.27.